The van der Waals surface area contributed by atoms with Crippen LogP contribution in [0.3, 0.4) is 0 Å². The van der Waals surface area contributed by atoms with Crippen LogP contribution in [0.15, 0.2) is 30.7 Å². The number of aromatic nitrogens is 7. The van der Waals surface area contributed by atoms with Crippen LogP contribution in [0.4, 0.5) is 11.9 Å². The molecule has 3 heterocycles. The molecule has 0 fully saturated rings. The van der Waals surface area contributed by atoms with Crippen molar-refractivity contribution in [2.45, 2.75) is 6.54 Å². The van der Waals surface area contributed by atoms with E-state index in [0.29, 0.717) is 18.4 Å². The average molecular weight is 286 g/mol. The Hall–Kier alpha value is -3.01. The molecular weight excluding hydrogens is 272 g/mol. The van der Waals surface area contributed by atoms with Crippen molar-refractivity contribution in [2.75, 3.05) is 10.7 Å². The maximum atomic E-state index is 5.38. The van der Waals surface area contributed by atoms with Crippen molar-refractivity contribution in [1.82, 2.24) is 34.5 Å². The summed E-state index contributed by atoms with van der Waals surface area (Å²) in [4.78, 5) is 12.6. The average Bonchev–Trinajstić information content (AvgIpc) is 3.16. The predicted molar refractivity (Wildman–Crippen MR) is 75.3 cm³/mol. The first kappa shape index (κ1) is 13.0. The minimum Gasteiger partial charge on any atom is -0.348 e. The molecule has 0 radical (unpaired) electrons. The molecule has 10 nitrogen and oxygen atoms in total. The summed E-state index contributed by atoms with van der Waals surface area (Å²) in [6.07, 6.45) is 5.11. The SMILES string of the molecule is Cn1nccc1CNc1nc(NN)nc(-n2cccn2)n1. The molecule has 3 aromatic heterocycles. The molecule has 0 aliphatic carbocycles. The van der Waals surface area contributed by atoms with Crippen LogP contribution >= 0.6 is 0 Å². The number of aryl methyl sites for hydroxylation is 1. The van der Waals surface area contributed by atoms with Crippen LogP contribution in [0.1, 0.15) is 5.69 Å². The topological polar surface area (TPSA) is 124 Å². The lowest BCUT2D eigenvalue weighted by Gasteiger charge is -2.08. The lowest BCUT2D eigenvalue weighted by Crippen LogP contribution is -2.16. The van der Waals surface area contributed by atoms with Crippen LogP contribution in [0.2, 0.25) is 0 Å². The Kier molecular flexibility index (Phi) is 3.43. The van der Waals surface area contributed by atoms with E-state index >= 15 is 0 Å². The summed E-state index contributed by atoms with van der Waals surface area (Å²) in [6.45, 7) is 0.531. The zero-order valence-electron chi connectivity index (χ0n) is 11.3. The quantitative estimate of drug-likeness (QED) is 0.431. The van der Waals surface area contributed by atoms with Crippen molar-refractivity contribution >= 4 is 11.9 Å². The molecule has 0 bridgehead atoms. The number of nitrogens with zero attached hydrogens (tertiary/aromatic N) is 7. The molecule has 0 saturated heterocycles. The second-order valence-corrected chi connectivity index (χ2v) is 4.18. The summed E-state index contributed by atoms with van der Waals surface area (Å²) in [5, 5.41) is 11.3. The molecule has 3 aromatic rings. The number of nitrogens with two attached hydrogens (primary N) is 1. The van der Waals surface area contributed by atoms with Crippen LogP contribution in [0.5, 0.6) is 0 Å². The normalized spacial score (nSPS) is 10.6. The Bertz CT molecular complexity index is 716. The molecule has 0 unspecified atom stereocenters. The van der Waals surface area contributed by atoms with Gasteiger partial charge >= 0.3 is 0 Å². The highest BCUT2D eigenvalue weighted by atomic mass is 15.4. The van der Waals surface area contributed by atoms with Gasteiger partial charge in [-0.1, -0.05) is 0 Å². The highest BCUT2D eigenvalue weighted by molar-refractivity contribution is 5.37. The van der Waals surface area contributed by atoms with E-state index in [1.165, 1.54) is 4.68 Å². The van der Waals surface area contributed by atoms with E-state index in [-0.39, 0.29) is 5.95 Å². The molecule has 0 amide bonds. The second-order valence-electron chi connectivity index (χ2n) is 4.18. The lowest BCUT2D eigenvalue weighted by molar-refractivity contribution is 0.717. The number of anilines is 2. The van der Waals surface area contributed by atoms with Gasteiger partial charge in [0, 0.05) is 25.6 Å². The molecule has 0 saturated carbocycles. The Morgan fingerprint density at radius 2 is 2.00 bits per heavy atom. The number of hydrogen-bond donors (Lipinski definition) is 3. The van der Waals surface area contributed by atoms with Crippen LogP contribution in [0.25, 0.3) is 5.95 Å². The third-order valence-corrected chi connectivity index (χ3v) is 2.81. The van der Waals surface area contributed by atoms with Gasteiger partial charge in [0.25, 0.3) is 5.95 Å². The van der Waals surface area contributed by atoms with Gasteiger partial charge < -0.3 is 5.32 Å². The van der Waals surface area contributed by atoms with E-state index in [4.69, 9.17) is 5.84 Å². The Morgan fingerprint density at radius 1 is 1.14 bits per heavy atom. The minimum absolute atomic E-state index is 0.253. The van der Waals surface area contributed by atoms with Gasteiger partial charge in [-0.25, -0.2) is 10.5 Å². The molecule has 0 aromatic carbocycles. The Labute approximate surface area is 120 Å². The number of nitrogen functional groups attached to an aromatic ring is 1. The van der Waals surface area contributed by atoms with E-state index in [2.05, 4.69) is 35.9 Å². The summed E-state index contributed by atoms with van der Waals surface area (Å²) in [6, 6.07) is 3.69. The summed E-state index contributed by atoms with van der Waals surface area (Å²) >= 11 is 0. The van der Waals surface area contributed by atoms with E-state index in [0.717, 1.165) is 5.69 Å². The van der Waals surface area contributed by atoms with Crippen molar-refractivity contribution in [3.05, 3.63) is 36.4 Å². The van der Waals surface area contributed by atoms with Gasteiger partial charge in [0.15, 0.2) is 0 Å². The van der Waals surface area contributed by atoms with Gasteiger partial charge in [0.05, 0.1) is 12.2 Å². The van der Waals surface area contributed by atoms with Gasteiger partial charge in [-0.2, -0.15) is 25.1 Å². The van der Waals surface area contributed by atoms with E-state index in [9.17, 15) is 0 Å². The zero-order valence-corrected chi connectivity index (χ0v) is 11.3. The molecule has 108 valence electrons. The molecule has 21 heavy (non-hydrogen) atoms. The summed E-state index contributed by atoms with van der Waals surface area (Å²) in [5.74, 6) is 6.40. The van der Waals surface area contributed by atoms with E-state index < -0.39 is 0 Å². The van der Waals surface area contributed by atoms with Crippen molar-refractivity contribution in [1.29, 1.82) is 0 Å². The highest BCUT2D eigenvalue weighted by Gasteiger charge is 2.08. The highest BCUT2D eigenvalue weighted by Crippen LogP contribution is 2.09. The molecule has 4 N–H and O–H groups in total. The number of hydrogen-bond acceptors (Lipinski definition) is 8. The van der Waals surface area contributed by atoms with Gasteiger partial charge in [-0.3, -0.25) is 10.1 Å². The third kappa shape index (κ3) is 2.79. The van der Waals surface area contributed by atoms with Crippen LogP contribution in [0, 0.1) is 0 Å². The summed E-state index contributed by atoms with van der Waals surface area (Å²) < 4.78 is 3.29. The minimum atomic E-state index is 0.253. The van der Waals surface area contributed by atoms with E-state index in [1.807, 2.05) is 13.1 Å². The molecule has 0 aliphatic rings. The fourth-order valence-electron chi connectivity index (χ4n) is 1.74. The van der Waals surface area contributed by atoms with Gasteiger partial charge in [0.1, 0.15) is 0 Å². The fraction of sp³-hybridized carbons (Fsp3) is 0.182. The lowest BCUT2D eigenvalue weighted by atomic mass is 10.4. The standard InChI is InChI=1S/C11H14N10/c1-20-8(3-5-14-20)7-13-9-16-10(19-12)18-11(17-9)21-6-2-4-15-21/h2-6H,7,12H2,1H3,(H2,13,16,17,18,19). The van der Waals surface area contributed by atoms with Crippen LogP contribution in [-0.2, 0) is 13.6 Å². The van der Waals surface area contributed by atoms with Crippen molar-refractivity contribution < 1.29 is 0 Å². The third-order valence-electron chi connectivity index (χ3n) is 2.81. The van der Waals surface area contributed by atoms with Crippen LogP contribution < -0.4 is 16.6 Å². The fourth-order valence-corrected chi connectivity index (χ4v) is 1.74. The van der Waals surface area contributed by atoms with Crippen molar-refractivity contribution in [3.8, 4) is 5.95 Å². The van der Waals surface area contributed by atoms with Crippen molar-refractivity contribution in [3.63, 3.8) is 0 Å². The smallest absolute Gasteiger partial charge is 0.257 e. The number of hydrazine groups is 1. The second kappa shape index (κ2) is 5.54. The monoisotopic (exact) mass is 286 g/mol. The maximum absolute atomic E-state index is 5.38. The van der Waals surface area contributed by atoms with Gasteiger partial charge in [-0.15, -0.1) is 0 Å². The first-order chi connectivity index (χ1) is 10.3. The Balaban J connectivity index is 1.84. The summed E-state index contributed by atoms with van der Waals surface area (Å²) in [5.41, 5.74) is 3.41. The zero-order chi connectivity index (χ0) is 14.7. The molecule has 10 heteroatoms. The number of rotatable bonds is 5. The van der Waals surface area contributed by atoms with Gasteiger partial charge in [0.2, 0.25) is 11.9 Å². The predicted octanol–water partition coefficient (Wildman–Crippen LogP) is -0.312. The van der Waals surface area contributed by atoms with Crippen LogP contribution in [-0.4, -0.2) is 34.5 Å². The first-order valence-electron chi connectivity index (χ1n) is 6.20. The van der Waals surface area contributed by atoms with Crippen molar-refractivity contribution in [2.24, 2.45) is 12.9 Å². The molecule has 0 atom stereocenters. The Morgan fingerprint density at radius 3 is 2.67 bits per heavy atom. The number of nitrogens with one attached hydrogen (secondary N) is 2. The summed E-state index contributed by atoms with van der Waals surface area (Å²) in [7, 11) is 1.87. The molecule has 0 spiro atoms. The first-order valence-corrected chi connectivity index (χ1v) is 6.20. The van der Waals surface area contributed by atoms with Gasteiger partial charge in [-0.05, 0) is 12.1 Å². The molecule has 0 aliphatic heterocycles. The molecule has 3 rings (SSSR count). The van der Waals surface area contributed by atoms with E-state index in [1.54, 1.807) is 29.3 Å². The largest absolute Gasteiger partial charge is 0.348 e. The maximum Gasteiger partial charge on any atom is 0.257 e. The molecular formula is C11H14N10.